The first-order chi connectivity index (χ1) is 5.56. The lowest BCUT2D eigenvalue weighted by Gasteiger charge is -2.00. The standard InChI is InChI=1S/C4H9O6P2/c1-2-9-4(5)3-11(6)10-12(7)8/h11-12H,1-3H2,(H,7,8). The third-order valence-corrected chi connectivity index (χ3v) is 2.94. The lowest BCUT2D eigenvalue weighted by Crippen LogP contribution is -2.06. The molecular formula is C4H9O6P2. The summed E-state index contributed by atoms with van der Waals surface area (Å²) in [5.74, 6) is -0.753. The number of hydrogen-bond acceptors (Lipinski definition) is 5. The average Bonchev–Trinajstić information content (AvgIpc) is 1.84. The third-order valence-electron chi connectivity index (χ3n) is 0.753. The summed E-state index contributed by atoms with van der Waals surface area (Å²) in [5, 5.41) is 0. The van der Waals surface area contributed by atoms with Crippen molar-refractivity contribution in [1.29, 1.82) is 0 Å². The lowest BCUT2D eigenvalue weighted by atomic mass is 10.8. The van der Waals surface area contributed by atoms with Gasteiger partial charge in [-0.15, -0.1) is 0 Å². The Morgan fingerprint density at radius 1 is 1.50 bits per heavy atom. The minimum atomic E-state index is -3.23. The normalized spacial score (nSPS) is 15.2. The van der Waals surface area contributed by atoms with Gasteiger partial charge >= 0.3 is 14.2 Å². The van der Waals surface area contributed by atoms with Crippen LogP contribution >= 0.6 is 16.3 Å². The molecule has 2 unspecified atom stereocenters. The SMILES string of the molecule is [CH2]COC(=O)C[PH](=O)O[PH](=O)O. The van der Waals surface area contributed by atoms with E-state index in [1.165, 1.54) is 0 Å². The van der Waals surface area contributed by atoms with Crippen molar-refractivity contribution >= 4 is 22.3 Å². The van der Waals surface area contributed by atoms with Crippen LogP contribution in [-0.2, 0) is 23.0 Å². The maximum atomic E-state index is 10.6. The first-order valence-corrected chi connectivity index (χ1v) is 5.73. The molecule has 0 rings (SSSR count). The number of esters is 1. The molecule has 12 heavy (non-hydrogen) atoms. The molecule has 0 amide bonds. The maximum Gasteiger partial charge on any atom is 0.322 e. The zero-order valence-corrected chi connectivity index (χ0v) is 8.11. The van der Waals surface area contributed by atoms with Gasteiger partial charge in [0.15, 0.2) is 0 Å². The first kappa shape index (κ1) is 11.8. The summed E-state index contributed by atoms with van der Waals surface area (Å²) < 4.78 is 28.9. The molecule has 0 aliphatic carbocycles. The van der Waals surface area contributed by atoms with Gasteiger partial charge in [-0.2, -0.15) is 0 Å². The Bertz CT molecular complexity index is 202. The Labute approximate surface area is 70.7 Å². The van der Waals surface area contributed by atoms with Crippen LogP contribution < -0.4 is 0 Å². The number of rotatable bonds is 5. The Morgan fingerprint density at radius 2 is 2.08 bits per heavy atom. The minimum absolute atomic E-state index is 0.0672. The van der Waals surface area contributed by atoms with Gasteiger partial charge in [-0.3, -0.25) is 18.2 Å². The summed E-state index contributed by atoms with van der Waals surface area (Å²) in [6.45, 7) is 3.15. The van der Waals surface area contributed by atoms with Crippen molar-refractivity contribution < 1.29 is 27.9 Å². The minimum Gasteiger partial charge on any atom is -0.465 e. The molecule has 0 heterocycles. The van der Waals surface area contributed by atoms with E-state index in [2.05, 4.69) is 16.0 Å². The van der Waals surface area contributed by atoms with Crippen LogP contribution in [0.15, 0.2) is 0 Å². The fourth-order valence-electron chi connectivity index (χ4n) is 0.416. The van der Waals surface area contributed by atoms with Crippen LogP contribution in [0.4, 0.5) is 0 Å². The molecule has 0 aromatic heterocycles. The van der Waals surface area contributed by atoms with E-state index < -0.39 is 28.4 Å². The van der Waals surface area contributed by atoms with Gasteiger partial charge in [0.25, 0.3) is 0 Å². The van der Waals surface area contributed by atoms with E-state index >= 15 is 0 Å². The van der Waals surface area contributed by atoms with E-state index in [4.69, 9.17) is 4.89 Å². The van der Waals surface area contributed by atoms with Gasteiger partial charge in [0, 0.05) is 0 Å². The topological polar surface area (TPSA) is 89.9 Å². The largest absolute Gasteiger partial charge is 0.465 e. The second kappa shape index (κ2) is 6.38. The lowest BCUT2D eigenvalue weighted by molar-refractivity contribution is -0.139. The molecule has 0 spiro atoms. The van der Waals surface area contributed by atoms with E-state index in [0.717, 1.165) is 0 Å². The smallest absolute Gasteiger partial charge is 0.322 e. The Balaban J connectivity index is 3.69. The zero-order chi connectivity index (χ0) is 9.56. The van der Waals surface area contributed by atoms with Gasteiger partial charge < -0.3 is 9.63 Å². The molecule has 0 bridgehead atoms. The number of carbonyl (C=O) groups excluding carboxylic acids is 1. The Hall–Kier alpha value is -0.150. The van der Waals surface area contributed by atoms with Gasteiger partial charge in [-0.1, -0.05) is 0 Å². The molecule has 0 aliphatic heterocycles. The second-order valence-electron chi connectivity index (χ2n) is 1.64. The molecule has 2 atom stereocenters. The van der Waals surface area contributed by atoms with Crippen molar-refractivity contribution in [3.05, 3.63) is 6.92 Å². The fraction of sp³-hybridized carbons (Fsp3) is 0.500. The van der Waals surface area contributed by atoms with Gasteiger partial charge in [0.2, 0.25) is 8.03 Å². The van der Waals surface area contributed by atoms with Crippen LogP contribution in [0.2, 0.25) is 0 Å². The van der Waals surface area contributed by atoms with E-state index in [-0.39, 0.29) is 6.61 Å². The average molecular weight is 215 g/mol. The van der Waals surface area contributed by atoms with Crippen molar-refractivity contribution in [2.24, 2.45) is 0 Å². The van der Waals surface area contributed by atoms with E-state index in [9.17, 15) is 13.9 Å². The molecule has 0 aromatic rings. The molecule has 1 N–H and O–H groups in total. The molecule has 0 saturated heterocycles. The van der Waals surface area contributed by atoms with E-state index in [1.807, 2.05) is 0 Å². The summed E-state index contributed by atoms with van der Waals surface area (Å²) >= 11 is 0. The van der Waals surface area contributed by atoms with Crippen LogP contribution in [-0.4, -0.2) is 23.6 Å². The van der Waals surface area contributed by atoms with Crippen molar-refractivity contribution in [2.45, 2.75) is 0 Å². The highest BCUT2D eigenvalue weighted by molar-refractivity contribution is 7.50. The summed E-state index contributed by atoms with van der Waals surface area (Å²) in [4.78, 5) is 18.7. The van der Waals surface area contributed by atoms with Crippen LogP contribution in [0.25, 0.3) is 0 Å². The number of carbonyl (C=O) groups is 1. The second-order valence-corrected chi connectivity index (χ2v) is 4.08. The van der Waals surface area contributed by atoms with Gasteiger partial charge in [0.05, 0.1) is 6.61 Å². The van der Waals surface area contributed by atoms with E-state index in [1.54, 1.807) is 0 Å². The van der Waals surface area contributed by atoms with Crippen molar-refractivity contribution in [1.82, 2.24) is 0 Å². The fourth-order valence-corrected chi connectivity index (χ4v) is 1.82. The summed E-state index contributed by atoms with van der Waals surface area (Å²) in [6.07, 6.45) is -0.489. The molecule has 1 radical (unpaired) electrons. The van der Waals surface area contributed by atoms with Gasteiger partial charge in [-0.05, 0) is 6.92 Å². The quantitative estimate of drug-likeness (QED) is 0.521. The molecule has 0 fully saturated rings. The first-order valence-electron chi connectivity index (χ1n) is 2.94. The van der Waals surface area contributed by atoms with Crippen LogP contribution in [0.3, 0.4) is 0 Å². The zero-order valence-electron chi connectivity index (χ0n) is 6.11. The Kier molecular flexibility index (Phi) is 6.30. The third kappa shape index (κ3) is 6.55. The number of ether oxygens (including phenoxy) is 1. The van der Waals surface area contributed by atoms with Crippen molar-refractivity contribution in [3.63, 3.8) is 0 Å². The highest BCUT2D eigenvalue weighted by Crippen LogP contribution is 2.34. The van der Waals surface area contributed by atoms with Gasteiger partial charge in [0.1, 0.15) is 6.16 Å². The van der Waals surface area contributed by atoms with E-state index in [0.29, 0.717) is 0 Å². The molecular weight excluding hydrogens is 206 g/mol. The molecule has 6 nitrogen and oxygen atoms in total. The predicted molar refractivity (Wildman–Crippen MR) is 42.5 cm³/mol. The highest BCUT2D eigenvalue weighted by atomic mass is 31.2. The summed E-state index contributed by atoms with van der Waals surface area (Å²) in [6, 6.07) is 0. The molecule has 0 saturated carbocycles. The highest BCUT2D eigenvalue weighted by Gasteiger charge is 2.10. The van der Waals surface area contributed by atoms with Crippen molar-refractivity contribution in [2.75, 3.05) is 12.8 Å². The molecule has 8 heteroatoms. The van der Waals surface area contributed by atoms with Gasteiger partial charge in [-0.25, -0.2) is 0 Å². The monoisotopic (exact) mass is 215 g/mol. The summed E-state index contributed by atoms with van der Waals surface area (Å²) in [5.41, 5.74) is 0. The molecule has 0 aliphatic rings. The van der Waals surface area contributed by atoms with Crippen LogP contribution in [0.1, 0.15) is 0 Å². The Morgan fingerprint density at radius 3 is 2.50 bits per heavy atom. The predicted octanol–water partition coefficient (Wildman–Crippen LogP) is 0.237. The summed E-state index contributed by atoms with van der Waals surface area (Å²) in [7, 11) is -6.01. The number of hydrogen-bond donors (Lipinski definition) is 1. The van der Waals surface area contributed by atoms with Crippen LogP contribution in [0, 0.1) is 6.92 Å². The molecule has 71 valence electrons. The van der Waals surface area contributed by atoms with Crippen LogP contribution in [0.5, 0.6) is 0 Å². The molecule has 0 aromatic carbocycles. The van der Waals surface area contributed by atoms with Crippen molar-refractivity contribution in [3.8, 4) is 0 Å². The maximum absolute atomic E-state index is 10.6.